The fraction of sp³-hybridized carbons (Fsp3) is 0.890. The number of methoxy groups -OCH3 is 8. The number of hydrogen-bond donors (Lipinski definition) is 5. The molecule has 24 saturated carbocycles. The van der Waals surface area contributed by atoms with Crippen LogP contribution in [0.5, 0.6) is 0 Å². The summed E-state index contributed by atoms with van der Waals surface area (Å²) < 4.78 is 49.4. The summed E-state index contributed by atoms with van der Waals surface area (Å²) >= 11 is 5.48. The van der Waals surface area contributed by atoms with Crippen molar-refractivity contribution in [3.05, 3.63) is 0 Å². The molecular formula is C82H128AgBrO23-. The number of aldehydes is 1. The van der Waals surface area contributed by atoms with E-state index in [1.54, 1.807) is 35.3 Å². The molecule has 0 radical (unpaired) electrons. The van der Waals surface area contributed by atoms with Crippen molar-refractivity contribution in [1.82, 2.24) is 0 Å². The third kappa shape index (κ3) is 18.8. The summed E-state index contributed by atoms with van der Waals surface area (Å²) in [5, 5.41) is 47.2. The molecule has 0 heterocycles. The SMILES string of the molecule is COC(=O)C12CCC(Br)(CC1)CC2.COC(=O)C12CCC(C(=O)O)(CC1)CC2.COC(=O)C12CCC(O)(CC1)CC2.COC(=O)C12CCC(OC)(CC1)CC2.COC(=O)C12CCC([C-]=O)(CC1)CC2.COC12CCC(C=O)(CC1)CC2.COC12CCC(CO)(CC1)CC2.O=C(O)C12CCC(O)(CC1)CC2.[O]=[Ag]. The average molecular weight is 1670 g/mol. The zero-order valence-corrected chi connectivity index (χ0v) is 68.6. The molecule has 24 aliphatic rings. The van der Waals surface area contributed by atoms with Gasteiger partial charge in [0.15, 0.2) is 0 Å². The van der Waals surface area contributed by atoms with Crippen LogP contribution in [0.25, 0.3) is 0 Å². The van der Waals surface area contributed by atoms with Crippen molar-refractivity contribution in [2.75, 3.05) is 63.5 Å². The summed E-state index contributed by atoms with van der Waals surface area (Å²) in [6, 6.07) is 0. The third-order valence-corrected chi connectivity index (χ3v) is 33.1. The van der Waals surface area contributed by atoms with Gasteiger partial charge in [-0.15, -0.1) is 5.41 Å². The van der Waals surface area contributed by atoms with E-state index in [4.69, 9.17) is 46.3 Å². The number of fused-ring (bicyclic) bond motifs is 24. The molecule has 0 aromatic carbocycles. The Kier molecular flexibility index (Phi) is 29.5. The van der Waals surface area contributed by atoms with Gasteiger partial charge in [0.05, 0.1) is 101 Å². The summed E-state index contributed by atoms with van der Waals surface area (Å²) in [6.45, 7) is 0.382. The number of carboxylic acids is 2. The second-order valence-corrected chi connectivity index (χ2v) is 38.0. The van der Waals surface area contributed by atoms with Gasteiger partial charge < -0.3 is 73.0 Å². The predicted molar refractivity (Wildman–Crippen MR) is 392 cm³/mol. The first-order valence-electron chi connectivity index (χ1n) is 39.9. The van der Waals surface area contributed by atoms with Crippen molar-refractivity contribution < 1.29 is 131 Å². The number of aliphatic hydroxyl groups excluding tert-OH is 1. The van der Waals surface area contributed by atoms with Crippen LogP contribution in [0.4, 0.5) is 0 Å². The Morgan fingerprint density at radius 3 is 0.766 bits per heavy atom. The monoisotopic (exact) mass is 1670 g/mol. The summed E-state index contributed by atoms with van der Waals surface area (Å²) in [4.78, 5) is 102. The molecule has 0 atom stereocenters. The van der Waals surface area contributed by atoms with Crippen molar-refractivity contribution in [3.63, 3.8) is 0 Å². The number of alkyl halides is 1. The molecule has 0 amide bonds. The van der Waals surface area contributed by atoms with Gasteiger partial charge in [0.25, 0.3) is 0 Å². The molecule has 613 valence electrons. The second-order valence-electron chi connectivity index (χ2n) is 36.3. The topological polar surface area (TPSA) is 346 Å². The fourth-order valence-corrected chi connectivity index (χ4v) is 22.7. The molecule has 16 bridgehead atoms. The van der Waals surface area contributed by atoms with Crippen molar-refractivity contribution in [2.45, 2.75) is 341 Å². The molecule has 0 aliphatic heterocycles. The van der Waals surface area contributed by atoms with Gasteiger partial charge in [-0.2, -0.15) is 0 Å². The van der Waals surface area contributed by atoms with Crippen LogP contribution in [-0.2, 0) is 105 Å². The number of aliphatic carboxylic acids is 2. The standard InChI is InChI=1S/C11H16O4.C11H18O3.C11H15O3.C10H15BrO2.C10H16O3.C10H18O2.C10H16O2.C9H14O3.Ag.O/c1-15-9(14)11-5-2-10(3-6-11,4-7-11)8(12)13;1-13-9(12)10-3-6-11(14-2,7-4-10)8-5-10;1-14-9(13)11-5-2-10(8-12,3-6-11)4-7-11;1-13-8(12)9-2-5-10(11,6-3-9)7-4-9;1-13-8(11)9-2-5-10(12,6-3-9)7-4-9;2*1-12-10-5-2-9(8-11,3-6-10)4-7-10;10-7(11)8-1-4-9(12,5-2-8)6-3-8;;/h2-7H2,1H3,(H,12,13);3-8H2,1-2H3;2-7H2,1H3;2-7H2,1H3;12H,2-7H2,1H3;11H,2-8H2,1H3;8H,2-7H2,1H3;12H,1-6H2,(H,10,11);;/q;;-1;;;;;;;. The van der Waals surface area contributed by atoms with E-state index in [1.807, 2.05) is 7.11 Å². The van der Waals surface area contributed by atoms with E-state index >= 15 is 0 Å². The van der Waals surface area contributed by atoms with Crippen LogP contribution in [0, 0.1) is 54.1 Å². The number of aliphatic hydroxyl groups is 3. The quantitative estimate of drug-likeness (QED) is 0.0285. The summed E-state index contributed by atoms with van der Waals surface area (Å²) in [6.07, 6.45) is 46.4. The number of carbonyl (C=O) groups is 8. The van der Waals surface area contributed by atoms with Crippen LogP contribution in [0.2, 0.25) is 0 Å². The van der Waals surface area contributed by atoms with Crippen molar-refractivity contribution in [1.29, 1.82) is 0 Å². The Morgan fingerprint density at radius 2 is 0.542 bits per heavy atom. The van der Waals surface area contributed by atoms with Gasteiger partial charge in [0.1, 0.15) is 6.29 Å². The van der Waals surface area contributed by atoms with Crippen LogP contribution in [0.15, 0.2) is 0 Å². The Balaban J connectivity index is 0.000000154. The minimum absolute atomic E-state index is 0.0121. The zero-order valence-electron chi connectivity index (χ0n) is 65.5. The molecule has 24 fully saturated rings. The number of esters is 5. The van der Waals surface area contributed by atoms with E-state index in [1.165, 1.54) is 41.8 Å². The number of halogens is 1. The first kappa shape index (κ1) is 89.0. The van der Waals surface area contributed by atoms with Crippen molar-refractivity contribution >= 4 is 70.3 Å². The van der Waals surface area contributed by atoms with Gasteiger partial charge in [-0.25, -0.2) is 0 Å². The van der Waals surface area contributed by atoms with Crippen LogP contribution in [-0.4, -0.2) is 176 Å². The average Bonchev–Trinajstić information content (AvgIpc) is 0.769. The van der Waals surface area contributed by atoms with E-state index in [-0.39, 0.29) is 90.0 Å². The molecule has 23 nitrogen and oxygen atoms in total. The Bertz CT molecular complexity index is 2860. The van der Waals surface area contributed by atoms with E-state index < -0.39 is 34.0 Å². The van der Waals surface area contributed by atoms with Crippen molar-refractivity contribution in [2.24, 2.45) is 54.1 Å². The Morgan fingerprint density at radius 1 is 0.336 bits per heavy atom. The molecule has 24 rings (SSSR count). The van der Waals surface area contributed by atoms with Crippen LogP contribution in [0.3, 0.4) is 0 Å². The Labute approximate surface area is 655 Å². The number of hydrogen-bond acceptors (Lipinski definition) is 21. The zero-order chi connectivity index (χ0) is 78.8. The third-order valence-electron chi connectivity index (χ3n) is 31.9. The maximum atomic E-state index is 11.7. The fourth-order valence-electron chi connectivity index (χ4n) is 22.1. The molecule has 0 aromatic rings. The normalized spacial score (nSPS) is 42.2. The number of carboxylic acid groups (broad SMARTS) is 2. The molecule has 0 saturated heterocycles. The summed E-state index contributed by atoms with van der Waals surface area (Å²) in [5.41, 5.74) is -2.68. The van der Waals surface area contributed by atoms with E-state index in [9.17, 15) is 63.6 Å². The molecule has 107 heavy (non-hydrogen) atoms. The van der Waals surface area contributed by atoms with Crippen LogP contribution >= 0.6 is 15.9 Å². The van der Waals surface area contributed by atoms with Gasteiger partial charge in [-0.3, -0.25) is 39.8 Å². The molecule has 24 aliphatic carbocycles. The molecule has 0 unspecified atom stereocenters. The number of carbonyl (C=O) groups excluding carboxylic acids is 7. The molecule has 25 heteroatoms. The molecule has 0 aromatic heterocycles. The van der Waals surface area contributed by atoms with Gasteiger partial charge >= 0.3 is 66.1 Å². The first-order valence-corrected chi connectivity index (χ1v) is 41.3. The first-order chi connectivity index (χ1) is 50.6. The Hall–Kier alpha value is -3.59. The van der Waals surface area contributed by atoms with E-state index in [0.717, 1.165) is 231 Å². The van der Waals surface area contributed by atoms with Crippen LogP contribution in [0.1, 0.15) is 308 Å². The number of ether oxygens (including phenoxy) is 8. The van der Waals surface area contributed by atoms with Gasteiger partial charge in [-0.05, 0) is 294 Å². The van der Waals surface area contributed by atoms with Gasteiger partial charge in [0.2, 0.25) is 0 Å². The summed E-state index contributed by atoms with van der Waals surface area (Å²) in [5.74, 6) is -1.67. The van der Waals surface area contributed by atoms with Gasteiger partial charge in [-0.1, -0.05) is 35.2 Å². The second kappa shape index (κ2) is 35.4. The summed E-state index contributed by atoms with van der Waals surface area (Å²) in [7, 11) is 12.7. The molecule has 0 spiro atoms. The predicted octanol–water partition coefficient (Wildman–Crippen LogP) is 13.7. The van der Waals surface area contributed by atoms with Crippen molar-refractivity contribution in [3.8, 4) is 0 Å². The van der Waals surface area contributed by atoms with E-state index in [2.05, 4.69) is 22.2 Å². The number of rotatable bonds is 13. The minimum atomic E-state index is -0.694. The van der Waals surface area contributed by atoms with E-state index in [0.29, 0.717) is 88.0 Å². The van der Waals surface area contributed by atoms with Crippen LogP contribution < -0.4 is 0 Å². The molecule has 5 N–H and O–H groups in total. The maximum absolute atomic E-state index is 11.7. The molecular weight excluding hydrogens is 1540 g/mol. The van der Waals surface area contributed by atoms with Gasteiger partial charge in [0, 0.05) is 37.7 Å².